The Hall–Kier alpha value is -4.56. The van der Waals surface area contributed by atoms with Crippen LogP contribution < -0.4 is 10.6 Å². The van der Waals surface area contributed by atoms with E-state index in [1.807, 2.05) is 60.5 Å². The molecule has 0 spiro atoms. The van der Waals surface area contributed by atoms with Gasteiger partial charge in [0.05, 0.1) is 28.0 Å². The van der Waals surface area contributed by atoms with Gasteiger partial charge in [-0.05, 0) is 87.6 Å². The minimum Gasteiger partial charge on any atom is -0.481 e. The third-order valence-electron chi connectivity index (χ3n) is 12.9. The predicted molar refractivity (Wildman–Crippen MR) is 219 cm³/mol. The molecule has 0 bridgehead atoms. The quantitative estimate of drug-likeness (QED) is 0.165. The van der Waals surface area contributed by atoms with Crippen LogP contribution in [0.5, 0.6) is 0 Å². The minimum absolute atomic E-state index is 0.190. The first-order chi connectivity index (χ1) is 27.5. The zero-order valence-corrected chi connectivity index (χ0v) is 33.9. The summed E-state index contributed by atoms with van der Waals surface area (Å²) in [7, 11) is 3.81. The van der Waals surface area contributed by atoms with Crippen molar-refractivity contribution in [3.63, 3.8) is 0 Å². The van der Waals surface area contributed by atoms with Gasteiger partial charge in [-0.25, -0.2) is 9.97 Å². The van der Waals surface area contributed by atoms with Gasteiger partial charge in [0.2, 0.25) is 0 Å². The lowest BCUT2D eigenvalue weighted by Gasteiger charge is -2.36. The van der Waals surface area contributed by atoms with E-state index in [1.165, 1.54) is 0 Å². The van der Waals surface area contributed by atoms with Crippen molar-refractivity contribution in [2.75, 3.05) is 43.5 Å². The van der Waals surface area contributed by atoms with Crippen molar-refractivity contribution >= 4 is 40.8 Å². The second kappa shape index (κ2) is 16.7. The Morgan fingerprint density at radius 3 is 2.07 bits per heavy atom. The minimum atomic E-state index is -0.663. The van der Waals surface area contributed by atoms with Crippen molar-refractivity contribution in [3.05, 3.63) is 81.4 Å². The number of hydrogen-bond acceptors (Lipinski definition) is 8. The number of nitrogens with one attached hydrogen (secondary N) is 2. The summed E-state index contributed by atoms with van der Waals surface area (Å²) in [6, 6.07) is 11.8. The second-order valence-corrected chi connectivity index (χ2v) is 16.6. The van der Waals surface area contributed by atoms with Crippen LogP contribution in [0.4, 0.5) is 11.4 Å². The predicted octanol–water partition coefficient (Wildman–Crippen LogP) is 6.46. The molecule has 2 aromatic carbocycles. The van der Waals surface area contributed by atoms with Gasteiger partial charge in [0.1, 0.15) is 0 Å². The van der Waals surface area contributed by atoms with Crippen LogP contribution in [-0.4, -0.2) is 90.7 Å². The number of aromatic nitrogens is 4. The Labute approximate surface area is 338 Å². The molecule has 8 rings (SSSR count). The molecule has 57 heavy (non-hydrogen) atoms. The number of fused-ring (bicyclic) bond motifs is 2. The van der Waals surface area contributed by atoms with Gasteiger partial charge in [-0.15, -0.1) is 0 Å². The average Bonchev–Trinajstić information content (AvgIpc) is 3.74. The monoisotopic (exact) mass is 796 g/mol. The summed E-state index contributed by atoms with van der Waals surface area (Å²) in [4.78, 5) is 53.3. The Bertz CT molecular complexity index is 2170. The molecule has 1 saturated carbocycles. The Balaban J connectivity index is 0.921. The molecular weight excluding hydrogens is 744 g/mol. The topological polar surface area (TPSA) is 147 Å². The third-order valence-corrected chi connectivity index (χ3v) is 13.3. The smallest absolute Gasteiger partial charge is 0.306 e. The highest BCUT2D eigenvalue weighted by atomic mass is 35.5. The number of hydrogen-bond donors (Lipinski definition) is 3. The summed E-state index contributed by atoms with van der Waals surface area (Å²) in [5.41, 5.74) is 7.59. The standard InChI is InChI=1S/C43H53ClN8O5/c1-26-30(31-7-5-9-33(38(31)44)48-42(54)40-46-35-25-52(21-16-37(35)50(40)3)29-17-22-57-23-18-29)6-4-8-32(26)47-41(53)39-45-34-24-51(20-15-36(34)49(39)2)19-14-27-10-12-28(13-11-27)43(55)56/h4-9,27-29H,10-25H2,1-3H3,(H,47,53)(H,48,54)(H,55,56)/t27-,28-. The number of aliphatic carboxylic acids is 1. The van der Waals surface area contributed by atoms with Gasteiger partial charge in [0, 0.05) is 95.0 Å². The van der Waals surface area contributed by atoms with Crippen molar-refractivity contribution in [3.8, 4) is 11.1 Å². The van der Waals surface area contributed by atoms with Crippen LogP contribution in [0.2, 0.25) is 5.02 Å². The summed E-state index contributed by atoms with van der Waals surface area (Å²) in [6.07, 6.45) is 8.25. The number of carboxylic acids is 1. The van der Waals surface area contributed by atoms with E-state index in [0.29, 0.717) is 46.6 Å². The maximum absolute atomic E-state index is 13.8. The Morgan fingerprint density at radius 1 is 0.807 bits per heavy atom. The van der Waals surface area contributed by atoms with E-state index in [4.69, 9.17) is 26.3 Å². The number of anilines is 2. The lowest BCUT2D eigenvalue weighted by atomic mass is 9.80. The summed E-state index contributed by atoms with van der Waals surface area (Å²) < 4.78 is 9.39. The van der Waals surface area contributed by atoms with Gasteiger partial charge in [-0.1, -0.05) is 35.9 Å². The SMILES string of the molecule is Cc1c(NC(=O)c2nc3c(n2C)CCN(CC[C@H]2CC[C@H](C(=O)O)CC2)C3)cccc1-c1cccc(NC(=O)c2nc3c(n2C)CCN(C2CCOCC2)C3)c1Cl. The lowest BCUT2D eigenvalue weighted by molar-refractivity contribution is -0.143. The van der Waals surface area contributed by atoms with Crippen LogP contribution in [0.15, 0.2) is 36.4 Å². The molecule has 2 amide bonds. The molecule has 1 saturated heterocycles. The van der Waals surface area contributed by atoms with E-state index in [9.17, 15) is 19.5 Å². The molecule has 2 fully saturated rings. The molecule has 4 aromatic rings. The fraction of sp³-hybridized carbons (Fsp3) is 0.512. The average molecular weight is 797 g/mol. The van der Waals surface area contributed by atoms with Gasteiger partial charge in [-0.3, -0.25) is 24.2 Å². The van der Waals surface area contributed by atoms with E-state index in [1.54, 1.807) is 6.07 Å². The summed E-state index contributed by atoms with van der Waals surface area (Å²) >= 11 is 7.04. The number of rotatable bonds is 10. The van der Waals surface area contributed by atoms with Gasteiger partial charge >= 0.3 is 5.97 Å². The van der Waals surface area contributed by atoms with Crippen molar-refractivity contribution < 1.29 is 24.2 Å². The normalized spacial score (nSPS) is 20.5. The van der Waals surface area contributed by atoms with E-state index in [0.717, 1.165) is 137 Å². The van der Waals surface area contributed by atoms with Gasteiger partial charge in [-0.2, -0.15) is 0 Å². The van der Waals surface area contributed by atoms with Crippen LogP contribution in [-0.2, 0) is 49.6 Å². The highest BCUT2D eigenvalue weighted by Gasteiger charge is 2.31. The van der Waals surface area contributed by atoms with Crippen molar-refractivity contribution in [1.82, 2.24) is 28.9 Å². The van der Waals surface area contributed by atoms with Crippen molar-refractivity contribution in [2.24, 2.45) is 25.9 Å². The van der Waals surface area contributed by atoms with Crippen LogP contribution in [0.25, 0.3) is 11.1 Å². The number of imidazole rings is 2. The number of carbonyl (C=O) groups excluding carboxylic acids is 2. The molecule has 3 N–H and O–H groups in total. The first-order valence-electron chi connectivity index (χ1n) is 20.4. The van der Waals surface area contributed by atoms with E-state index >= 15 is 0 Å². The van der Waals surface area contributed by atoms with Gasteiger partial charge in [0.25, 0.3) is 11.8 Å². The zero-order chi connectivity index (χ0) is 39.8. The van der Waals surface area contributed by atoms with Gasteiger partial charge in [0.15, 0.2) is 11.6 Å². The molecule has 5 heterocycles. The highest BCUT2D eigenvalue weighted by Crippen LogP contribution is 2.38. The molecule has 0 unspecified atom stereocenters. The van der Waals surface area contributed by atoms with Gasteiger partial charge < -0.3 is 29.6 Å². The van der Waals surface area contributed by atoms with Crippen molar-refractivity contribution in [1.29, 1.82) is 0 Å². The molecule has 4 aliphatic rings. The van der Waals surface area contributed by atoms with E-state index < -0.39 is 5.97 Å². The number of carbonyl (C=O) groups is 3. The molecule has 302 valence electrons. The number of halogens is 1. The van der Waals surface area contributed by atoms with Crippen LogP contribution >= 0.6 is 11.6 Å². The number of ether oxygens (including phenoxy) is 1. The van der Waals surface area contributed by atoms with E-state index in [2.05, 4.69) is 20.4 Å². The van der Waals surface area contributed by atoms with E-state index in [-0.39, 0.29) is 17.7 Å². The molecule has 1 aliphatic carbocycles. The number of benzene rings is 2. The number of carboxylic acid groups (broad SMARTS) is 1. The second-order valence-electron chi connectivity index (χ2n) is 16.3. The largest absolute Gasteiger partial charge is 0.481 e. The van der Waals surface area contributed by atoms with Crippen molar-refractivity contribution in [2.45, 2.75) is 83.8 Å². The molecule has 13 nitrogen and oxygen atoms in total. The van der Waals surface area contributed by atoms with Crippen LogP contribution in [0.3, 0.4) is 0 Å². The molecule has 2 aromatic heterocycles. The highest BCUT2D eigenvalue weighted by molar-refractivity contribution is 6.36. The maximum atomic E-state index is 13.8. The first kappa shape index (κ1) is 39.3. The third kappa shape index (κ3) is 8.12. The fourth-order valence-electron chi connectivity index (χ4n) is 9.41. The Morgan fingerprint density at radius 2 is 1.40 bits per heavy atom. The summed E-state index contributed by atoms with van der Waals surface area (Å²) in [6.45, 7) is 7.73. The zero-order valence-electron chi connectivity index (χ0n) is 33.2. The van der Waals surface area contributed by atoms with Crippen LogP contribution in [0.1, 0.15) is 94.5 Å². The molecular formula is C43H53ClN8O5. The molecule has 14 heteroatoms. The number of amides is 2. The summed E-state index contributed by atoms with van der Waals surface area (Å²) in [5.74, 6) is -0.162. The molecule has 0 radical (unpaired) electrons. The lowest BCUT2D eigenvalue weighted by Crippen LogP contribution is -2.42. The number of nitrogens with zero attached hydrogens (tertiary/aromatic N) is 6. The van der Waals surface area contributed by atoms with Crippen LogP contribution in [0, 0.1) is 18.8 Å². The summed E-state index contributed by atoms with van der Waals surface area (Å²) in [5, 5.41) is 15.9. The maximum Gasteiger partial charge on any atom is 0.306 e. The molecule has 3 aliphatic heterocycles. The molecule has 0 atom stereocenters. The first-order valence-corrected chi connectivity index (χ1v) is 20.8. The Kier molecular flexibility index (Phi) is 11.5. The fourth-order valence-corrected chi connectivity index (χ4v) is 9.68.